The van der Waals surface area contributed by atoms with Gasteiger partial charge in [0.15, 0.2) is 5.11 Å². The first-order valence-corrected chi connectivity index (χ1v) is 8.65. The van der Waals surface area contributed by atoms with Gasteiger partial charge in [0, 0.05) is 4.88 Å². The first-order valence-electron chi connectivity index (χ1n) is 7.43. The highest BCUT2D eigenvalue weighted by Crippen LogP contribution is 2.34. The van der Waals surface area contributed by atoms with Gasteiger partial charge in [-0.05, 0) is 50.2 Å². The van der Waals surface area contributed by atoms with Gasteiger partial charge in [-0.25, -0.2) is 4.79 Å². The number of rotatable bonds is 6. The largest absolute Gasteiger partial charge is 0.467 e. The van der Waals surface area contributed by atoms with Crippen LogP contribution in [-0.2, 0) is 17.7 Å². The van der Waals surface area contributed by atoms with Gasteiger partial charge in [0.1, 0.15) is 10.8 Å². The Hall–Kier alpha value is -1.86. The molecule has 2 N–H and O–H groups in total. The predicted octanol–water partition coefficient (Wildman–Crippen LogP) is 3.88. The number of aryl methyl sites for hydroxylation is 1. The van der Waals surface area contributed by atoms with Crippen LogP contribution in [0.4, 0.5) is 5.00 Å². The minimum atomic E-state index is -0.315. The number of thiophene rings is 1. The number of hydrogen-bond donors (Lipinski definition) is 2. The van der Waals surface area contributed by atoms with Crippen molar-refractivity contribution in [3.63, 3.8) is 0 Å². The molecule has 2 heterocycles. The number of hydrogen-bond acceptors (Lipinski definition) is 5. The molecule has 23 heavy (non-hydrogen) atoms. The van der Waals surface area contributed by atoms with Crippen molar-refractivity contribution >= 4 is 39.6 Å². The maximum Gasteiger partial charge on any atom is 0.341 e. The molecule has 0 aliphatic heterocycles. The second-order valence-electron chi connectivity index (χ2n) is 4.80. The van der Waals surface area contributed by atoms with Crippen LogP contribution >= 0.6 is 23.6 Å². The number of nitrogens with one attached hydrogen (secondary N) is 2. The highest BCUT2D eigenvalue weighted by Gasteiger charge is 2.22. The Kier molecular flexibility index (Phi) is 6.18. The van der Waals surface area contributed by atoms with Gasteiger partial charge in [-0.15, -0.1) is 11.3 Å². The van der Waals surface area contributed by atoms with E-state index >= 15 is 0 Å². The van der Waals surface area contributed by atoms with Crippen molar-refractivity contribution in [1.29, 1.82) is 0 Å². The molecule has 0 unspecified atom stereocenters. The lowest BCUT2D eigenvalue weighted by molar-refractivity contribution is 0.0527. The third kappa shape index (κ3) is 4.33. The Labute approximate surface area is 145 Å². The van der Waals surface area contributed by atoms with Gasteiger partial charge in [0.2, 0.25) is 0 Å². The molecule has 2 aromatic rings. The highest BCUT2D eigenvalue weighted by molar-refractivity contribution is 7.80. The van der Waals surface area contributed by atoms with Crippen LogP contribution in [0.1, 0.15) is 40.4 Å². The molecular formula is C16H20N2O3S2. The molecule has 0 aromatic carbocycles. The quantitative estimate of drug-likeness (QED) is 0.608. The van der Waals surface area contributed by atoms with Crippen molar-refractivity contribution in [1.82, 2.24) is 5.32 Å². The van der Waals surface area contributed by atoms with Crippen molar-refractivity contribution < 1.29 is 13.9 Å². The number of carbonyl (C=O) groups is 1. The molecule has 124 valence electrons. The third-order valence-electron chi connectivity index (χ3n) is 3.27. The monoisotopic (exact) mass is 352 g/mol. The van der Waals surface area contributed by atoms with Crippen molar-refractivity contribution in [3.8, 4) is 0 Å². The van der Waals surface area contributed by atoms with Crippen molar-refractivity contribution in [3.05, 3.63) is 40.2 Å². The molecular weight excluding hydrogens is 332 g/mol. The van der Waals surface area contributed by atoms with Gasteiger partial charge in [0.25, 0.3) is 0 Å². The van der Waals surface area contributed by atoms with E-state index in [1.807, 2.05) is 26.0 Å². The lowest BCUT2D eigenvalue weighted by Crippen LogP contribution is -2.28. The summed E-state index contributed by atoms with van der Waals surface area (Å²) in [5.74, 6) is 0.474. The number of carbonyl (C=O) groups excluding carboxylic acids is 1. The summed E-state index contributed by atoms with van der Waals surface area (Å²) in [7, 11) is 0. The van der Waals surface area contributed by atoms with E-state index in [2.05, 4.69) is 10.6 Å². The van der Waals surface area contributed by atoms with Gasteiger partial charge in [0.05, 0.1) is 25.0 Å². The van der Waals surface area contributed by atoms with E-state index in [-0.39, 0.29) is 5.97 Å². The number of esters is 1. The first-order chi connectivity index (χ1) is 11.1. The molecule has 0 radical (unpaired) electrons. The maximum atomic E-state index is 12.3. The first kappa shape index (κ1) is 17.5. The fraction of sp³-hybridized carbons (Fsp3) is 0.375. The number of anilines is 1. The van der Waals surface area contributed by atoms with E-state index < -0.39 is 0 Å². The Morgan fingerprint density at radius 3 is 2.83 bits per heavy atom. The molecule has 2 rings (SSSR count). The second kappa shape index (κ2) is 8.12. The van der Waals surface area contributed by atoms with Crippen LogP contribution in [0.5, 0.6) is 0 Å². The molecule has 0 aliphatic carbocycles. The molecule has 0 fully saturated rings. The van der Waals surface area contributed by atoms with E-state index in [9.17, 15) is 4.79 Å². The minimum Gasteiger partial charge on any atom is -0.467 e. The summed E-state index contributed by atoms with van der Waals surface area (Å²) in [6.45, 7) is 6.65. The van der Waals surface area contributed by atoms with Gasteiger partial charge >= 0.3 is 5.97 Å². The van der Waals surface area contributed by atoms with Crippen LogP contribution in [0, 0.1) is 6.92 Å². The average molecular weight is 352 g/mol. The van der Waals surface area contributed by atoms with Gasteiger partial charge in [-0.1, -0.05) is 6.92 Å². The fourth-order valence-electron chi connectivity index (χ4n) is 2.24. The van der Waals surface area contributed by atoms with Gasteiger partial charge in [-0.2, -0.15) is 0 Å². The molecule has 2 aromatic heterocycles. The van der Waals surface area contributed by atoms with E-state index in [4.69, 9.17) is 21.4 Å². The molecule has 0 bridgehead atoms. The molecule has 0 saturated heterocycles. The van der Waals surface area contributed by atoms with E-state index in [0.717, 1.165) is 27.6 Å². The smallest absolute Gasteiger partial charge is 0.341 e. The van der Waals surface area contributed by atoms with E-state index in [0.29, 0.717) is 23.8 Å². The lowest BCUT2D eigenvalue weighted by atomic mass is 10.1. The Bertz CT molecular complexity index is 678. The Morgan fingerprint density at radius 2 is 2.22 bits per heavy atom. The van der Waals surface area contributed by atoms with Gasteiger partial charge < -0.3 is 19.8 Å². The minimum absolute atomic E-state index is 0.315. The number of ether oxygens (including phenoxy) is 1. The summed E-state index contributed by atoms with van der Waals surface area (Å²) in [6.07, 6.45) is 2.38. The normalized spacial score (nSPS) is 10.4. The topological polar surface area (TPSA) is 63.5 Å². The van der Waals surface area contributed by atoms with Crippen molar-refractivity contribution in [2.75, 3.05) is 11.9 Å². The summed E-state index contributed by atoms with van der Waals surface area (Å²) in [5, 5.41) is 7.32. The summed E-state index contributed by atoms with van der Waals surface area (Å²) >= 11 is 6.81. The molecule has 0 saturated carbocycles. The highest BCUT2D eigenvalue weighted by atomic mass is 32.1. The third-order valence-corrected chi connectivity index (χ3v) is 4.58. The van der Waals surface area contributed by atoms with Crippen molar-refractivity contribution in [2.45, 2.75) is 33.7 Å². The molecule has 0 atom stereocenters. The molecule has 0 amide bonds. The SMILES string of the molecule is CCOC(=O)c1c(NC(=S)NCc2ccco2)sc(C)c1CC. The van der Waals surface area contributed by atoms with Gasteiger partial charge in [-0.3, -0.25) is 0 Å². The van der Waals surface area contributed by atoms with E-state index in [1.54, 1.807) is 13.2 Å². The zero-order chi connectivity index (χ0) is 16.8. The fourth-order valence-corrected chi connectivity index (χ4v) is 3.62. The summed E-state index contributed by atoms with van der Waals surface area (Å²) in [6, 6.07) is 3.69. The number of furan rings is 1. The Morgan fingerprint density at radius 1 is 1.43 bits per heavy atom. The zero-order valence-corrected chi connectivity index (χ0v) is 15.0. The second-order valence-corrected chi connectivity index (χ2v) is 6.43. The summed E-state index contributed by atoms with van der Waals surface area (Å²) < 4.78 is 10.4. The van der Waals surface area contributed by atoms with Crippen LogP contribution in [0.3, 0.4) is 0 Å². The van der Waals surface area contributed by atoms with Crippen LogP contribution < -0.4 is 10.6 Å². The van der Waals surface area contributed by atoms with Crippen LogP contribution in [0.15, 0.2) is 22.8 Å². The van der Waals surface area contributed by atoms with Crippen molar-refractivity contribution in [2.24, 2.45) is 0 Å². The Balaban J connectivity index is 2.11. The van der Waals surface area contributed by atoms with E-state index in [1.165, 1.54) is 11.3 Å². The zero-order valence-electron chi connectivity index (χ0n) is 13.4. The van der Waals surface area contributed by atoms with Crippen LogP contribution in [0.2, 0.25) is 0 Å². The number of thiocarbonyl (C=S) groups is 1. The molecule has 7 heteroatoms. The summed E-state index contributed by atoms with van der Waals surface area (Å²) in [5.41, 5.74) is 1.59. The standard InChI is InChI=1S/C16H20N2O3S2/c1-4-12-10(3)23-14(13(12)15(19)20-5-2)18-16(22)17-9-11-7-6-8-21-11/h6-8H,4-5,9H2,1-3H3,(H2,17,18,22). The molecule has 5 nitrogen and oxygen atoms in total. The lowest BCUT2D eigenvalue weighted by Gasteiger charge is -2.10. The maximum absolute atomic E-state index is 12.3. The average Bonchev–Trinajstić information content (AvgIpc) is 3.12. The van der Waals surface area contributed by atoms with Crippen LogP contribution in [0.25, 0.3) is 0 Å². The molecule has 0 aliphatic rings. The molecule has 0 spiro atoms. The van der Waals surface area contributed by atoms with Crippen LogP contribution in [-0.4, -0.2) is 17.7 Å². The predicted molar refractivity (Wildman–Crippen MR) is 96.2 cm³/mol. The summed E-state index contributed by atoms with van der Waals surface area (Å²) in [4.78, 5) is 13.3.